The zero-order chi connectivity index (χ0) is 12.3. The van der Waals surface area contributed by atoms with Crippen molar-refractivity contribution in [2.75, 3.05) is 0 Å². The zero-order valence-electron chi connectivity index (χ0n) is 9.67. The molecule has 17 heavy (non-hydrogen) atoms. The van der Waals surface area contributed by atoms with Crippen LogP contribution in [0.3, 0.4) is 0 Å². The van der Waals surface area contributed by atoms with Gasteiger partial charge in [0.1, 0.15) is 0 Å². The fourth-order valence-corrected chi connectivity index (χ4v) is 2.42. The number of halogens is 1. The van der Waals surface area contributed by atoms with Crippen molar-refractivity contribution >= 4 is 23.4 Å². The summed E-state index contributed by atoms with van der Waals surface area (Å²) in [7, 11) is 0. The molecule has 0 unspecified atom stereocenters. The van der Waals surface area contributed by atoms with E-state index in [-0.39, 0.29) is 6.04 Å². The Morgan fingerprint density at radius 3 is 2.65 bits per heavy atom. The van der Waals surface area contributed by atoms with Gasteiger partial charge in [0.2, 0.25) is 5.16 Å². The molecule has 0 radical (unpaired) electrons. The Kier molecular flexibility index (Phi) is 4.02. The summed E-state index contributed by atoms with van der Waals surface area (Å²) in [5.41, 5.74) is 1.21. The van der Waals surface area contributed by atoms with Crippen LogP contribution in [-0.4, -0.2) is 20.2 Å². The fraction of sp³-hybridized carbons (Fsp3) is 0.364. The highest BCUT2D eigenvalue weighted by atomic mass is 35.5. The average Bonchev–Trinajstić information content (AvgIpc) is 2.76. The second-order valence-electron chi connectivity index (χ2n) is 3.91. The standard InChI is InChI=1S/C11H13ClN4S/c1-8(2)16-11(13-14-15-16)17-7-9-3-5-10(12)6-4-9/h3-6,8H,7H2,1-2H3. The molecule has 0 saturated carbocycles. The lowest BCUT2D eigenvalue weighted by atomic mass is 10.2. The molecule has 0 spiro atoms. The summed E-state index contributed by atoms with van der Waals surface area (Å²) in [6.07, 6.45) is 0. The molecule has 0 saturated heterocycles. The van der Waals surface area contributed by atoms with Crippen LogP contribution < -0.4 is 0 Å². The van der Waals surface area contributed by atoms with Crippen molar-refractivity contribution < 1.29 is 0 Å². The number of rotatable bonds is 4. The van der Waals surface area contributed by atoms with Gasteiger partial charge in [-0.2, -0.15) is 0 Å². The zero-order valence-corrected chi connectivity index (χ0v) is 11.2. The number of tetrazole rings is 1. The van der Waals surface area contributed by atoms with E-state index >= 15 is 0 Å². The molecule has 0 amide bonds. The van der Waals surface area contributed by atoms with Gasteiger partial charge >= 0.3 is 0 Å². The molecular formula is C11H13ClN4S. The van der Waals surface area contributed by atoms with Crippen molar-refractivity contribution in [1.82, 2.24) is 20.2 Å². The maximum Gasteiger partial charge on any atom is 0.209 e. The molecule has 4 nitrogen and oxygen atoms in total. The Bertz CT molecular complexity index is 480. The molecule has 0 fully saturated rings. The second-order valence-corrected chi connectivity index (χ2v) is 5.29. The molecule has 2 aromatic rings. The molecule has 90 valence electrons. The normalized spacial score (nSPS) is 11.1. The minimum absolute atomic E-state index is 0.276. The third kappa shape index (κ3) is 3.20. The van der Waals surface area contributed by atoms with Crippen LogP contribution in [0.5, 0.6) is 0 Å². The summed E-state index contributed by atoms with van der Waals surface area (Å²) in [6.45, 7) is 4.12. The topological polar surface area (TPSA) is 43.6 Å². The number of nitrogens with zero attached hydrogens (tertiary/aromatic N) is 4. The van der Waals surface area contributed by atoms with Gasteiger partial charge in [0.05, 0.1) is 6.04 Å². The second kappa shape index (κ2) is 5.51. The van der Waals surface area contributed by atoms with Crippen LogP contribution in [0.4, 0.5) is 0 Å². The summed E-state index contributed by atoms with van der Waals surface area (Å²) in [4.78, 5) is 0. The largest absolute Gasteiger partial charge is 0.218 e. The number of benzene rings is 1. The number of aromatic nitrogens is 4. The SMILES string of the molecule is CC(C)n1nnnc1SCc1ccc(Cl)cc1. The predicted octanol–water partition coefficient (Wildman–Crippen LogP) is 3.20. The molecule has 0 atom stereocenters. The molecule has 0 aliphatic heterocycles. The molecule has 0 N–H and O–H groups in total. The fourth-order valence-electron chi connectivity index (χ4n) is 1.33. The Morgan fingerprint density at radius 2 is 2.00 bits per heavy atom. The van der Waals surface area contributed by atoms with E-state index in [4.69, 9.17) is 11.6 Å². The minimum Gasteiger partial charge on any atom is -0.218 e. The van der Waals surface area contributed by atoms with Crippen LogP contribution >= 0.6 is 23.4 Å². The molecule has 1 heterocycles. The lowest BCUT2D eigenvalue weighted by molar-refractivity contribution is 0.477. The van der Waals surface area contributed by atoms with Gasteiger partial charge in [-0.25, -0.2) is 4.68 Å². The quantitative estimate of drug-likeness (QED) is 0.799. The summed E-state index contributed by atoms with van der Waals surface area (Å²) >= 11 is 7.46. The van der Waals surface area contributed by atoms with Crippen molar-refractivity contribution in [2.24, 2.45) is 0 Å². The first-order chi connectivity index (χ1) is 8.16. The van der Waals surface area contributed by atoms with E-state index in [2.05, 4.69) is 29.4 Å². The molecular weight excluding hydrogens is 256 g/mol. The van der Waals surface area contributed by atoms with E-state index in [0.29, 0.717) is 0 Å². The van der Waals surface area contributed by atoms with Gasteiger partial charge < -0.3 is 0 Å². The van der Waals surface area contributed by atoms with Gasteiger partial charge in [-0.3, -0.25) is 0 Å². The van der Waals surface area contributed by atoms with E-state index in [1.807, 2.05) is 28.9 Å². The van der Waals surface area contributed by atoms with Crippen LogP contribution in [0.15, 0.2) is 29.4 Å². The Labute approximate surface area is 109 Å². The number of hydrogen-bond donors (Lipinski definition) is 0. The first-order valence-corrected chi connectivity index (χ1v) is 6.68. The van der Waals surface area contributed by atoms with Gasteiger partial charge in [0.15, 0.2) is 0 Å². The first kappa shape index (κ1) is 12.4. The Morgan fingerprint density at radius 1 is 1.29 bits per heavy atom. The summed E-state index contributed by atoms with van der Waals surface area (Å²) in [6, 6.07) is 8.08. The molecule has 1 aromatic heterocycles. The average molecular weight is 269 g/mol. The van der Waals surface area contributed by atoms with Gasteiger partial charge in [-0.15, -0.1) is 5.10 Å². The van der Waals surface area contributed by atoms with Crippen molar-refractivity contribution in [3.8, 4) is 0 Å². The van der Waals surface area contributed by atoms with Gasteiger partial charge in [0.25, 0.3) is 0 Å². The van der Waals surface area contributed by atoms with Crippen molar-refractivity contribution in [3.05, 3.63) is 34.9 Å². The van der Waals surface area contributed by atoms with Crippen molar-refractivity contribution in [1.29, 1.82) is 0 Å². The minimum atomic E-state index is 0.276. The maximum absolute atomic E-state index is 5.83. The third-order valence-corrected chi connectivity index (χ3v) is 3.49. The van der Waals surface area contributed by atoms with Crippen molar-refractivity contribution in [2.45, 2.75) is 30.8 Å². The van der Waals surface area contributed by atoms with Crippen LogP contribution in [0.1, 0.15) is 25.5 Å². The maximum atomic E-state index is 5.83. The van der Waals surface area contributed by atoms with Crippen LogP contribution in [-0.2, 0) is 5.75 Å². The number of hydrogen-bond acceptors (Lipinski definition) is 4. The predicted molar refractivity (Wildman–Crippen MR) is 69.2 cm³/mol. The van der Waals surface area contributed by atoms with Crippen molar-refractivity contribution in [3.63, 3.8) is 0 Å². The van der Waals surface area contributed by atoms with Gasteiger partial charge in [-0.05, 0) is 42.0 Å². The van der Waals surface area contributed by atoms with E-state index in [0.717, 1.165) is 15.9 Å². The van der Waals surface area contributed by atoms with Crippen LogP contribution in [0.2, 0.25) is 5.02 Å². The summed E-state index contributed by atoms with van der Waals surface area (Å²) in [5, 5.41) is 13.3. The molecule has 1 aromatic carbocycles. The molecule has 0 aliphatic rings. The molecule has 2 rings (SSSR count). The third-order valence-electron chi connectivity index (χ3n) is 2.23. The van der Waals surface area contributed by atoms with E-state index < -0.39 is 0 Å². The van der Waals surface area contributed by atoms with Crippen LogP contribution in [0, 0.1) is 0 Å². The van der Waals surface area contributed by atoms with E-state index in [1.165, 1.54) is 5.56 Å². The van der Waals surface area contributed by atoms with E-state index in [1.54, 1.807) is 11.8 Å². The highest BCUT2D eigenvalue weighted by Crippen LogP contribution is 2.22. The number of thioether (sulfide) groups is 1. The first-order valence-electron chi connectivity index (χ1n) is 5.32. The lowest BCUT2D eigenvalue weighted by Crippen LogP contribution is -2.04. The molecule has 0 bridgehead atoms. The highest BCUT2D eigenvalue weighted by molar-refractivity contribution is 7.98. The lowest BCUT2D eigenvalue weighted by Gasteiger charge is -2.06. The smallest absolute Gasteiger partial charge is 0.209 e. The molecule has 0 aliphatic carbocycles. The highest BCUT2D eigenvalue weighted by Gasteiger charge is 2.09. The van der Waals surface area contributed by atoms with E-state index in [9.17, 15) is 0 Å². The summed E-state index contributed by atoms with van der Waals surface area (Å²) < 4.78 is 1.82. The Hall–Kier alpha value is -1.07. The van der Waals surface area contributed by atoms with Crippen LogP contribution in [0.25, 0.3) is 0 Å². The summed E-state index contributed by atoms with van der Waals surface area (Å²) in [5.74, 6) is 0.838. The van der Waals surface area contributed by atoms with Gasteiger partial charge in [-0.1, -0.05) is 35.5 Å². The van der Waals surface area contributed by atoms with Gasteiger partial charge in [0, 0.05) is 10.8 Å². The molecule has 6 heteroatoms. The monoisotopic (exact) mass is 268 g/mol. The Balaban J connectivity index is 2.02.